The molecule has 0 spiro atoms. The SMILES string of the molecule is C=C(CCCCl)OP(=O)(C#Cc1ccc(C)cc1)OCC. The topological polar surface area (TPSA) is 35.5 Å². The van der Waals surface area contributed by atoms with Crippen LogP contribution in [0, 0.1) is 18.5 Å². The highest BCUT2D eigenvalue weighted by Gasteiger charge is 2.23. The average molecular weight is 327 g/mol. The Hall–Kier alpha value is -1.20. The second-order valence-electron chi connectivity index (χ2n) is 4.44. The predicted octanol–water partition coefficient (Wildman–Crippen LogP) is 5.08. The molecule has 1 atom stereocenters. The number of allylic oxidation sites excluding steroid dienone is 1. The average Bonchev–Trinajstić information content (AvgIpc) is 2.45. The molecule has 21 heavy (non-hydrogen) atoms. The van der Waals surface area contributed by atoms with Gasteiger partial charge in [-0.2, -0.15) is 0 Å². The molecular formula is C16H20ClO3P. The van der Waals surface area contributed by atoms with Gasteiger partial charge < -0.3 is 4.52 Å². The highest BCUT2D eigenvalue weighted by molar-refractivity contribution is 7.59. The lowest BCUT2D eigenvalue weighted by Crippen LogP contribution is -1.95. The molecule has 0 aliphatic heterocycles. The zero-order valence-corrected chi connectivity index (χ0v) is 14.0. The van der Waals surface area contributed by atoms with Gasteiger partial charge in [0.1, 0.15) is 0 Å². The molecule has 0 N–H and O–H groups in total. The molecule has 0 saturated heterocycles. The Morgan fingerprint density at radius 2 is 2.05 bits per heavy atom. The van der Waals surface area contributed by atoms with Gasteiger partial charge in [0.2, 0.25) is 0 Å². The molecule has 0 aliphatic carbocycles. The maximum Gasteiger partial charge on any atom is 0.456 e. The van der Waals surface area contributed by atoms with E-state index in [0.717, 1.165) is 11.1 Å². The standard InChI is InChI=1S/C16H20ClO3P/c1-4-19-21(18,20-15(3)6-5-12-17)13-11-16-9-7-14(2)8-10-16/h7-10H,3-6,12H2,1-2H3. The van der Waals surface area contributed by atoms with E-state index in [0.29, 0.717) is 24.5 Å². The van der Waals surface area contributed by atoms with Gasteiger partial charge in [0.05, 0.1) is 12.4 Å². The first-order valence-corrected chi connectivity index (χ1v) is 8.84. The fourth-order valence-electron chi connectivity index (χ4n) is 1.50. The minimum Gasteiger partial charge on any atom is -0.421 e. The van der Waals surface area contributed by atoms with Crippen molar-refractivity contribution >= 4 is 19.2 Å². The smallest absolute Gasteiger partial charge is 0.421 e. The number of hydrogen-bond acceptors (Lipinski definition) is 3. The van der Waals surface area contributed by atoms with Gasteiger partial charge in [-0.1, -0.05) is 30.2 Å². The fraction of sp³-hybridized carbons (Fsp3) is 0.375. The Bertz CT molecular complexity index is 569. The summed E-state index contributed by atoms with van der Waals surface area (Å²) < 4.78 is 23.0. The third-order valence-electron chi connectivity index (χ3n) is 2.53. The molecule has 5 heteroatoms. The molecule has 0 heterocycles. The molecule has 0 aliphatic rings. The summed E-state index contributed by atoms with van der Waals surface area (Å²) in [6, 6.07) is 7.60. The second-order valence-corrected chi connectivity index (χ2v) is 6.48. The van der Waals surface area contributed by atoms with Crippen LogP contribution >= 0.6 is 19.2 Å². The van der Waals surface area contributed by atoms with Gasteiger partial charge in [-0.05, 0) is 32.4 Å². The van der Waals surface area contributed by atoms with Crippen molar-refractivity contribution in [3.8, 4) is 11.6 Å². The molecule has 1 aromatic carbocycles. The lowest BCUT2D eigenvalue weighted by atomic mass is 10.2. The van der Waals surface area contributed by atoms with Crippen molar-refractivity contribution in [1.82, 2.24) is 0 Å². The van der Waals surface area contributed by atoms with Crippen LogP contribution in [0.25, 0.3) is 0 Å². The molecule has 0 bridgehead atoms. The van der Waals surface area contributed by atoms with Crippen LogP contribution in [0.2, 0.25) is 0 Å². The van der Waals surface area contributed by atoms with Gasteiger partial charge in [0.15, 0.2) is 0 Å². The molecule has 0 fully saturated rings. The zero-order chi connectivity index (χ0) is 15.7. The van der Waals surface area contributed by atoms with Crippen molar-refractivity contribution in [2.24, 2.45) is 0 Å². The largest absolute Gasteiger partial charge is 0.456 e. The van der Waals surface area contributed by atoms with E-state index >= 15 is 0 Å². The summed E-state index contributed by atoms with van der Waals surface area (Å²) in [6.07, 6.45) is 1.24. The quantitative estimate of drug-likeness (QED) is 0.303. The van der Waals surface area contributed by atoms with Crippen molar-refractivity contribution in [1.29, 1.82) is 0 Å². The van der Waals surface area contributed by atoms with E-state index in [1.165, 1.54) is 0 Å². The number of rotatable bonds is 7. The second kappa shape index (κ2) is 8.95. The maximum absolute atomic E-state index is 12.5. The summed E-state index contributed by atoms with van der Waals surface area (Å²) in [7, 11) is -3.50. The van der Waals surface area contributed by atoms with Gasteiger partial charge >= 0.3 is 7.60 Å². The van der Waals surface area contributed by atoms with E-state index < -0.39 is 7.60 Å². The van der Waals surface area contributed by atoms with E-state index in [9.17, 15) is 4.57 Å². The molecule has 1 rings (SSSR count). The molecule has 114 valence electrons. The summed E-state index contributed by atoms with van der Waals surface area (Å²) in [4.78, 5) is 0. The van der Waals surface area contributed by atoms with Crippen LogP contribution in [0.15, 0.2) is 36.6 Å². The predicted molar refractivity (Wildman–Crippen MR) is 87.5 cm³/mol. The summed E-state index contributed by atoms with van der Waals surface area (Å²) in [5.41, 5.74) is 4.51. The Morgan fingerprint density at radius 3 is 2.62 bits per heavy atom. The fourth-order valence-corrected chi connectivity index (χ4v) is 2.83. The molecule has 0 radical (unpaired) electrons. The molecule has 1 unspecified atom stereocenters. The highest BCUT2D eigenvalue weighted by Crippen LogP contribution is 2.49. The van der Waals surface area contributed by atoms with Gasteiger partial charge in [-0.25, -0.2) is 4.57 Å². The zero-order valence-electron chi connectivity index (χ0n) is 12.4. The van der Waals surface area contributed by atoms with Crippen LogP contribution in [0.5, 0.6) is 0 Å². The first kappa shape index (κ1) is 17.9. The van der Waals surface area contributed by atoms with Gasteiger partial charge in [-0.3, -0.25) is 4.52 Å². The van der Waals surface area contributed by atoms with Gasteiger partial charge in [0.25, 0.3) is 0 Å². The van der Waals surface area contributed by atoms with E-state index in [2.05, 4.69) is 18.2 Å². The summed E-state index contributed by atoms with van der Waals surface area (Å²) in [6.45, 7) is 7.71. The van der Waals surface area contributed by atoms with Crippen LogP contribution in [-0.4, -0.2) is 12.5 Å². The first-order valence-electron chi connectivity index (χ1n) is 6.77. The summed E-state index contributed by atoms with van der Waals surface area (Å²) >= 11 is 5.61. The number of hydrogen-bond donors (Lipinski definition) is 0. The normalized spacial score (nSPS) is 12.9. The van der Waals surface area contributed by atoms with E-state index in [1.54, 1.807) is 6.92 Å². The van der Waals surface area contributed by atoms with Crippen molar-refractivity contribution in [2.45, 2.75) is 26.7 Å². The van der Waals surface area contributed by atoms with Gasteiger partial charge in [0, 0.05) is 23.5 Å². The first-order chi connectivity index (χ1) is 9.99. The van der Waals surface area contributed by atoms with Crippen LogP contribution in [-0.2, 0) is 13.6 Å². The number of benzene rings is 1. The molecule has 3 nitrogen and oxygen atoms in total. The van der Waals surface area contributed by atoms with Crippen LogP contribution < -0.4 is 0 Å². The highest BCUT2D eigenvalue weighted by atomic mass is 35.5. The van der Waals surface area contributed by atoms with E-state index in [-0.39, 0.29) is 6.61 Å². The van der Waals surface area contributed by atoms with Crippen LogP contribution in [0.4, 0.5) is 0 Å². The Balaban J connectivity index is 2.83. The summed E-state index contributed by atoms with van der Waals surface area (Å²) in [5, 5.41) is 0. The number of halogens is 1. The Morgan fingerprint density at radius 1 is 1.38 bits per heavy atom. The number of aryl methyl sites for hydroxylation is 1. The molecule has 0 aromatic heterocycles. The van der Waals surface area contributed by atoms with E-state index in [4.69, 9.17) is 20.6 Å². The molecule has 0 saturated carbocycles. The Labute approximate surface area is 131 Å². The third-order valence-corrected chi connectivity index (χ3v) is 4.28. The van der Waals surface area contributed by atoms with Crippen molar-refractivity contribution in [2.75, 3.05) is 12.5 Å². The third kappa shape index (κ3) is 6.87. The number of alkyl halides is 1. The molecule has 0 amide bonds. The maximum atomic E-state index is 12.5. The lowest BCUT2D eigenvalue weighted by molar-refractivity contribution is 0.256. The minimum absolute atomic E-state index is 0.253. The van der Waals surface area contributed by atoms with Crippen molar-refractivity contribution < 1.29 is 13.6 Å². The lowest BCUT2D eigenvalue weighted by Gasteiger charge is -2.14. The monoisotopic (exact) mass is 326 g/mol. The summed E-state index contributed by atoms with van der Waals surface area (Å²) in [5.74, 6) is 3.71. The Kier molecular flexibility index (Phi) is 7.61. The van der Waals surface area contributed by atoms with E-state index in [1.807, 2.05) is 31.2 Å². The molecular weight excluding hydrogens is 307 g/mol. The van der Waals surface area contributed by atoms with Crippen molar-refractivity contribution in [3.63, 3.8) is 0 Å². The van der Waals surface area contributed by atoms with Crippen LogP contribution in [0.3, 0.4) is 0 Å². The van der Waals surface area contributed by atoms with Gasteiger partial charge in [-0.15, -0.1) is 11.6 Å². The molecule has 1 aromatic rings. The van der Waals surface area contributed by atoms with Crippen LogP contribution in [0.1, 0.15) is 30.9 Å². The van der Waals surface area contributed by atoms with Crippen molar-refractivity contribution in [3.05, 3.63) is 47.7 Å². The minimum atomic E-state index is -3.50.